The Balaban J connectivity index is 1.73. The SMILES string of the molecule is COC(=O)C1=CC=C(C(C)N2C(=O)C(c3cc(Cl)cc(Cl)c3)NC23CCOC(C(C)(C)C)C3)CC1. The largest absolute Gasteiger partial charge is 0.466 e. The third-order valence-corrected chi connectivity index (χ3v) is 7.89. The van der Waals surface area contributed by atoms with Gasteiger partial charge in [-0.15, -0.1) is 0 Å². The molecule has 35 heavy (non-hydrogen) atoms. The zero-order chi connectivity index (χ0) is 25.5. The number of rotatable bonds is 4. The molecule has 2 saturated heterocycles. The minimum atomic E-state index is -0.570. The molecule has 1 aliphatic carbocycles. The van der Waals surface area contributed by atoms with Gasteiger partial charge < -0.3 is 14.4 Å². The molecule has 0 saturated carbocycles. The molecule has 1 N–H and O–H groups in total. The van der Waals surface area contributed by atoms with Crippen molar-refractivity contribution in [1.29, 1.82) is 0 Å². The van der Waals surface area contributed by atoms with Crippen LogP contribution in [0.4, 0.5) is 0 Å². The zero-order valence-electron chi connectivity index (χ0n) is 21.0. The van der Waals surface area contributed by atoms with Gasteiger partial charge in [0.1, 0.15) is 6.04 Å². The molecule has 0 aromatic heterocycles. The van der Waals surface area contributed by atoms with E-state index in [9.17, 15) is 9.59 Å². The van der Waals surface area contributed by atoms with Crippen LogP contribution in [0.5, 0.6) is 0 Å². The van der Waals surface area contributed by atoms with Crippen LogP contribution < -0.4 is 5.32 Å². The highest BCUT2D eigenvalue weighted by Gasteiger charge is 2.56. The van der Waals surface area contributed by atoms with Gasteiger partial charge in [-0.1, -0.05) is 56.1 Å². The molecular formula is C27H34Cl2N2O4. The van der Waals surface area contributed by atoms with Crippen LogP contribution in [0.3, 0.4) is 0 Å². The van der Waals surface area contributed by atoms with Crippen molar-refractivity contribution in [1.82, 2.24) is 10.2 Å². The molecule has 3 aliphatic rings. The third-order valence-electron chi connectivity index (χ3n) is 7.45. The van der Waals surface area contributed by atoms with Gasteiger partial charge in [-0.05, 0) is 54.5 Å². The fourth-order valence-corrected chi connectivity index (χ4v) is 6.03. The van der Waals surface area contributed by atoms with E-state index in [1.807, 2.05) is 17.1 Å². The average Bonchev–Trinajstić information content (AvgIpc) is 3.08. The Bertz CT molecular complexity index is 1060. The number of halogens is 2. The lowest BCUT2D eigenvalue weighted by Gasteiger charge is -2.49. The van der Waals surface area contributed by atoms with E-state index >= 15 is 0 Å². The van der Waals surface area contributed by atoms with Gasteiger partial charge in [-0.3, -0.25) is 10.1 Å². The normalized spacial score (nSPS) is 28.1. The summed E-state index contributed by atoms with van der Waals surface area (Å²) in [5, 5.41) is 4.69. The van der Waals surface area contributed by atoms with Crippen molar-refractivity contribution in [3.63, 3.8) is 0 Å². The quantitative estimate of drug-likeness (QED) is 0.523. The number of nitrogens with zero attached hydrogens (tertiary/aromatic N) is 1. The maximum atomic E-state index is 14.1. The lowest BCUT2D eigenvalue weighted by molar-refractivity contribution is -0.145. The number of esters is 1. The summed E-state index contributed by atoms with van der Waals surface area (Å²) in [5.74, 6) is -0.312. The molecule has 4 atom stereocenters. The minimum absolute atomic E-state index is 0.00552. The molecule has 1 aromatic carbocycles. The maximum absolute atomic E-state index is 14.1. The summed E-state index contributed by atoms with van der Waals surface area (Å²) in [4.78, 5) is 28.0. The molecule has 1 amide bonds. The van der Waals surface area contributed by atoms with Crippen LogP contribution in [-0.4, -0.2) is 48.3 Å². The van der Waals surface area contributed by atoms with E-state index in [0.29, 0.717) is 47.9 Å². The molecule has 1 spiro atoms. The summed E-state index contributed by atoms with van der Waals surface area (Å²) in [5.41, 5.74) is 1.86. The van der Waals surface area contributed by atoms with Crippen LogP contribution in [-0.2, 0) is 19.1 Å². The monoisotopic (exact) mass is 520 g/mol. The van der Waals surface area contributed by atoms with Crippen molar-refractivity contribution >= 4 is 35.1 Å². The Morgan fingerprint density at radius 3 is 2.46 bits per heavy atom. The molecule has 190 valence electrons. The first kappa shape index (κ1) is 26.2. The maximum Gasteiger partial charge on any atom is 0.333 e. The van der Waals surface area contributed by atoms with Crippen molar-refractivity contribution in [2.45, 2.75) is 77.2 Å². The summed E-state index contributed by atoms with van der Waals surface area (Å²) in [6, 6.07) is 4.55. The first-order chi connectivity index (χ1) is 16.4. The van der Waals surface area contributed by atoms with Crippen LogP contribution in [0.2, 0.25) is 10.0 Å². The van der Waals surface area contributed by atoms with Crippen molar-refractivity contribution in [3.8, 4) is 0 Å². The second kappa shape index (κ2) is 9.89. The summed E-state index contributed by atoms with van der Waals surface area (Å²) >= 11 is 12.6. The van der Waals surface area contributed by atoms with Crippen LogP contribution in [0.15, 0.2) is 41.5 Å². The van der Waals surface area contributed by atoms with Crippen LogP contribution in [0.1, 0.15) is 65.0 Å². The summed E-state index contributed by atoms with van der Waals surface area (Å²) in [6.45, 7) is 9.12. The molecule has 4 rings (SSSR count). The fraction of sp³-hybridized carbons (Fsp3) is 0.556. The van der Waals surface area contributed by atoms with Gasteiger partial charge in [-0.2, -0.15) is 0 Å². The van der Waals surface area contributed by atoms with Crippen molar-refractivity contribution in [2.75, 3.05) is 13.7 Å². The van der Waals surface area contributed by atoms with E-state index in [2.05, 4.69) is 33.0 Å². The minimum Gasteiger partial charge on any atom is -0.466 e. The van der Waals surface area contributed by atoms with Crippen molar-refractivity contribution in [3.05, 3.63) is 57.1 Å². The lowest BCUT2D eigenvalue weighted by Crippen LogP contribution is -2.61. The smallest absolute Gasteiger partial charge is 0.333 e. The number of nitrogens with one attached hydrogen (secondary N) is 1. The molecule has 2 fully saturated rings. The van der Waals surface area contributed by atoms with Crippen LogP contribution in [0, 0.1) is 5.41 Å². The van der Waals surface area contributed by atoms with Gasteiger partial charge in [0.15, 0.2) is 0 Å². The third kappa shape index (κ3) is 5.17. The molecular weight excluding hydrogens is 487 g/mol. The number of benzene rings is 1. The van der Waals surface area contributed by atoms with E-state index in [1.165, 1.54) is 7.11 Å². The van der Waals surface area contributed by atoms with Gasteiger partial charge in [0.25, 0.3) is 0 Å². The highest BCUT2D eigenvalue weighted by Crippen LogP contribution is 2.45. The Hall–Kier alpha value is -1.86. The first-order valence-corrected chi connectivity index (χ1v) is 12.9. The summed E-state index contributed by atoms with van der Waals surface area (Å²) < 4.78 is 11.0. The Kier molecular flexibility index (Phi) is 7.41. The van der Waals surface area contributed by atoms with Crippen LogP contribution in [0.25, 0.3) is 0 Å². The Morgan fingerprint density at radius 1 is 1.20 bits per heavy atom. The Labute approximate surface area is 217 Å². The lowest BCUT2D eigenvalue weighted by atomic mass is 9.80. The molecule has 0 bridgehead atoms. The number of amides is 1. The number of carbonyl (C=O) groups excluding carboxylic acids is 2. The predicted molar refractivity (Wildman–Crippen MR) is 137 cm³/mol. The number of hydrogen-bond acceptors (Lipinski definition) is 5. The fourth-order valence-electron chi connectivity index (χ4n) is 5.49. The van der Waals surface area contributed by atoms with Gasteiger partial charge in [0.2, 0.25) is 5.91 Å². The van der Waals surface area contributed by atoms with E-state index in [4.69, 9.17) is 32.7 Å². The van der Waals surface area contributed by atoms with Gasteiger partial charge >= 0.3 is 5.97 Å². The number of methoxy groups -OCH3 is 1. The number of carbonyl (C=O) groups is 2. The van der Waals surface area contributed by atoms with E-state index in [-0.39, 0.29) is 29.4 Å². The molecule has 4 unspecified atom stereocenters. The second-order valence-electron chi connectivity index (χ2n) is 10.8. The molecule has 2 heterocycles. The second-order valence-corrected chi connectivity index (χ2v) is 11.7. The van der Waals surface area contributed by atoms with Gasteiger partial charge in [0.05, 0.1) is 31.5 Å². The molecule has 6 nitrogen and oxygen atoms in total. The van der Waals surface area contributed by atoms with E-state index < -0.39 is 11.7 Å². The van der Waals surface area contributed by atoms with E-state index in [1.54, 1.807) is 18.2 Å². The predicted octanol–water partition coefficient (Wildman–Crippen LogP) is 5.60. The Morgan fingerprint density at radius 2 is 1.89 bits per heavy atom. The highest BCUT2D eigenvalue weighted by atomic mass is 35.5. The summed E-state index contributed by atoms with van der Waals surface area (Å²) in [7, 11) is 1.39. The standard InChI is InChI=1S/C27H34Cl2N2O4/c1-16(17-6-8-18(9-7-17)25(33)34-5)31-24(32)23(19-12-20(28)14-21(29)13-19)30-27(31)10-11-35-22(15-27)26(2,3)4/h6,8,12-14,16,22-23,30H,7,9-11,15H2,1-5H3. The van der Waals surface area contributed by atoms with E-state index in [0.717, 1.165) is 11.1 Å². The number of ether oxygens (including phenoxy) is 2. The topological polar surface area (TPSA) is 67.9 Å². The van der Waals surface area contributed by atoms with Gasteiger partial charge in [-0.25, -0.2) is 4.79 Å². The number of hydrogen-bond donors (Lipinski definition) is 1. The molecule has 2 aliphatic heterocycles. The summed E-state index contributed by atoms with van der Waals surface area (Å²) in [6.07, 6.45) is 6.40. The first-order valence-electron chi connectivity index (χ1n) is 12.1. The highest BCUT2D eigenvalue weighted by molar-refractivity contribution is 6.34. The molecule has 8 heteroatoms. The van der Waals surface area contributed by atoms with Crippen LogP contribution >= 0.6 is 23.2 Å². The average molecular weight is 521 g/mol. The zero-order valence-corrected chi connectivity index (χ0v) is 22.5. The number of allylic oxidation sites excluding steroid dienone is 2. The van der Waals surface area contributed by atoms with Crippen molar-refractivity contribution < 1.29 is 19.1 Å². The van der Waals surface area contributed by atoms with Gasteiger partial charge in [0, 0.05) is 28.5 Å². The van der Waals surface area contributed by atoms with Crippen molar-refractivity contribution in [2.24, 2.45) is 5.41 Å². The molecule has 0 radical (unpaired) electrons. The molecule has 1 aromatic rings.